The van der Waals surface area contributed by atoms with Crippen LogP contribution in [0.3, 0.4) is 0 Å². The molecule has 0 aliphatic heterocycles. The zero-order chi connectivity index (χ0) is 18.7. The second kappa shape index (κ2) is 7.22. The summed E-state index contributed by atoms with van der Waals surface area (Å²) in [6.07, 6.45) is 2.59. The van der Waals surface area contributed by atoms with E-state index in [2.05, 4.69) is 15.3 Å². The molecule has 1 heterocycles. The van der Waals surface area contributed by atoms with Crippen molar-refractivity contribution in [3.8, 4) is 0 Å². The van der Waals surface area contributed by atoms with Gasteiger partial charge in [-0.25, -0.2) is 23.1 Å². The van der Waals surface area contributed by atoms with E-state index in [-0.39, 0.29) is 5.69 Å². The highest BCUT2D eigenvalue weighted by Crippen LogP contribution is 2.21. The van der Waals surface area contributed by atoms with E-state index in [0.717, 1.165) is 17.8 Å². The van der Waals surface area contributed by atoms with Crippen LogP contribution in [-0.2, 0) is 0 Å². The summed E-state index contributed by atoms with van der Waals surface area (Å²) in [6, 6.07) is 11.0. The number of nitrogens with one attached hydrogen (secondary N) is 1. The predicted octanol–water partition coefficient (Wildman–Crippen LogP) is 3.91. The average Bonchev–Trinajstić information content (AvgIpc) is 2.68. The number of benzene rings is 2. The molecule has 0 fully saturated rings. The lowest BCUT2D eigenvalue weighted by atomic mass is 10.2. The minimum atomic E-state index is -1.66. The monoisotopic (exact) mass is 358 g/mol. The number of hydrogen-bond acceptors (Lipinski definition) is 4. The molecule has 3 aromatic rings. The number of hydrogen-bond donors (Lipinski definition) is 1. The molecule has 0 radical (unpaired) electrons. The van der Waals surface area contributed by atoms with Gasteiger partial charge >= 0.3 is 0 Å². The highest BCUT2D eigenvalue weighted by Gasteiger charge is 2.17. The molecule has 0 atom stereocenters. The minimum Gasteiger partial charge on any atom is -0.328 e. The summed E-state index contributed by atoms with van der Waals surface area (Å²) < 4.78 is 39.8. The molecule has 1 N–H and O–H groups in total. The van der Waals surface area contributed by atoms with Crippen LogP contribution in [0.25, 0.3) is 0 Å². The normalized spacial score (nSPS) is 10.5. The zero-order valence-corrected chi connectivity index (χ0v) is 13.6. The van der Waals surface area contributed by atoms with E-state index in [4.69, 9.17) is 0 Å². The summed E-state index contributed by atoms with van der Waals surface area (Å²) in [5, 5.41) is 2.14. The first-order valence-corrected chi connectivity index (χ1v) is 7.53. The number of halogens is 3. The van der Waals surface area contributed by atoms with Crippen molar-refractivity contribution in [3.63, 3.8) is 0 Å². The number of nitrogens with zero attached hydrogens (tertiary/aromatic N) is 3. The molecular formula is C18H13F3N4O. The van der Waals surface area contributed by atoms with Crippen molar-refractivity contribution in [2.24, 2.45) is 0 Å². The first kappa shape index (κ1) is 17.4. The van der Waals surface area contributed by atoms with E-state index >= 15 is 0 Å². The maximum Gasteiger partial charge on any atom is 0.275 e. The molecule has 8 heteroatoms. The average molecular weight is 358 g/mol. The van der Waals surface area contributed by atoms with E-state index in [9.17, 15) is 18.0 Å². The topological polar surface area (TPSA) is 58.1 Å². The molecular weight excluding hydrogens is 345 g/mol. The number of para-hydroxylation sites is 1. The first-order valence-electron chi connectivity index (χ1n) is 7.53. The van der Waals surface area contributed by atoms with E-state index in [0.29, 0.717) is 5.82 Å². The molecule has 0 bridgehead atoms. The Morgan fingerprint density at radius 2 is 1.69 bits per heavy atom. The van der Waals surface area contributed by atoms with Gasteiger partial charge in [-0.2, -0.15) is 0 Å². The Morgan fingerprint density at radius 3 is 2.35 bits per heavy atom. The van der Waals surface area contributed by atoms with Gasteiger partial charge in [-0.15, -0.1) is 0 Å². The van der Waals surface area contributed by atoms with Crippen molar-refractivity contribution in [3.05, 3.63) is 78.0 Å². The Morgan fingerprint density at radius 1 is 0.962 bits per heavy atom. The molecule has 5 nitrogen and oxygen atoms in total. The van der Waals surface area contributed by atoms with Crippen molar-refractivity contribution in [2.75, 3.05) is 17.3 Å². The lowest BCUT2D eigenvalue weighted by molar-refractivity contribution is 0.102. The summed E-state index contributed by atoms with van der Waals surface area (Å²) in [5.41, 5.74) is 0.295. The molecule has 3 rings (SSSR count). The lowest BCUT2D eigenvalue weighted by Crippen LogP contribution is -2.17. The van der Waals surface area contributed by atoms with Crippen molar-refractivity contribution in [1.82, 2.24) is 9.97 Å². The van der Waals surface area contributed by atoms with Crippen LogP contribution >= 0.6 is 0 Å². The van der Waals surface area contributed by atoms with Gasteiger partial charge in [-0.05, 0) is 24.3 Å². The molecule has 0 saturated heterocycles. The van der Waals surface area contributed by atoms with Crippen LogP contribution in [0.15, 0.2) is 54.9 Å². The number of rotatable bonds is 4. The van der Waals surface area contributed by atoms with E-state index < -0.39 is 29.0 Å². The molecule has 0 unspecified atom stereocenters. The lowest BCUT2D eigenvalue weighted by Gasteiger charge is -2.17. The number of amides is 1. The molecule has 2 aromatic carbocycles. The van der Waals surface area contributed by atoms with E-state index in [1.807, 2.05) is 30.3 Å². The first-order chi connectivity index (χ1) is 12.5. The van der Waals surface area contributed by atoms with Crippen molar-refractivity contribution < 1.29 is 18.0 Å². The Labute approximate surface area is 147 Å². The van der Waals surface area contributed by atoms with Crippen LogP contribution in [0.2, 0.25) is 0 Å². The molecule has 132 valence electrons. The fourth-order valence-electron chi connectivity index (χ4n) is 2.20. The van der Waals surface area contributed by atoms with E-state index in [1.54, 1.807) is 11.9 Å². The number of anilines is 3. The quantitative estimate of drug-likeness (QED) is 0.719. The van der Waals surface area contributed by atoms with Gasteiger partial charge < -0.3 is 10.2 Å². The molecule has 0 saturated carbocycles. The summed E-state index contributed by atoms with van der Waals surface area (Å²) in [7, 11) is 1.79. The SMILES string of the molecule is CN(c1ccccc1)c1cnc(C(=O)Nc2ccc(F)c(F)c2F)cn1. The van der Waals surface area contributed by atoms with Gasteiger partial charge in [0.15, 0.2) is 23.3 Å². The van der Waals surface area contributed by atoms with Crippen molar-refractivity contribution in [2.45, 2.75) is 0 Å². The van der Waals surface area contributed by atoms with Gasteiger partial charge in [0.05, 0.1) is 18.1 Å². The summed E-state index contributed by atoms with van der Waals surface area (Å²) >= 11 is 0. The van der Waals surface area contributed by atoms with Crippen LogP contribution in [0.1, 0.15) is 10.5 Å². The summed E-state index contributed by atoms with van der Waals surface area (Å²) in [4.78, 5) is 22.0. The standard InChI is InChI=1S/C18H13F3N4O/c1-25(11-5-3-2-4-6-11)15-10-22-14(9-23-15)18(26)24-13-8-7-12(19)16(20)17(13)21/h2-10H,1H3,(H,24,26). The molecule has 26 heavy (non-hydrogen) atoms. The second-order valence-electron chi connectivity index (χ2n) is 5.33. The Bertz CT molecular complexity index is 933. The van der Waals surface area contributed by atoms with Gasteiger partial charge in [0.1, 0.15) is 5.69 Å². The summed E-state index contributed by atoms with van der Waals surface area (Å²) in [5.74, 6) is -4.78. The van der Waals surface area contributed by atoms with Crippen LogP contribution in [0.5, 0.6) is 0 Å². The number of carbonyl (C=O) groups is 1. The minimum absolute atomic E-state index is 0.0978. The van der Waals surface area contributed by atoms with Gasteiger partial charge in [-0.3, -0.25) is 4.79 Å². The predicted molar refractivity (Wildman–Crippen MR) is 90.8 cm³/mol. The van der Waals surface area contributed by atoms with Crippen molar-refractivity contribution >= 4 is 23.1 Å². The van der Waals surface area contributed by atoms with Crippen LogP contribution in [0.4, 0.5) is 30.4 Å². The van der Waals surface area contributed by atoms with Gasteiger partial charge in [0, 0.05) is 12.7 Å². The fraction of sp³-hybridized carbons (Fsp3) is 0.0556. The van der Waals surface area contributed by atoms with Crippen LogP contribution < -0.4 is 10.2 Å². The number of carbonyl (C=O) groups excluding carboxylic acids is 1. The molecule has 0 spiro atoms. The largest absolute Gasteiger partial charge is 0.328 e. The highest BCUT2D eigenvalue weighted by molar-refractivity contribution is 6.02. The zero-order valence-electron chi connectivity index (χ0n) is 13.6. The highest BCUT2D eigenvalue weighted by atomic mass is 19.2. The van der Waals surface area contributed by atoms with E-state index in [1.165, 1.54) is 12.4 Å². The molecule has 1 aromatic heterocycles. The third kappa shape index (κ3) is 3.49. The number of aromatic nitrogens is 2. The molecule has 1 amide bonds. The second-order valence-corrected chi connectivity index (χ2v) is 5.33. The summed E-state index contributed by atoms with van der Waals surface area (Å²) in [6.45, 7) is 0. The third-order valence-corrected chi connectivity index (χ3v) is 3.64. The van der Waals surface area contributed by atoms with Crippen molar-refractivity contribution in [1.29, 1.82) is 0 Å². The molecule has 0 aliphatic rings. The van der Waals surface area contributed by atoms with Crippen LogP contribution in [0, 0.1) is 17.5 Å². The van der Waals surface area contributed by atoms with Gasteiger partial charge in [0.2, 0.25) is 0 Å². The van der Waals surface area contributed by atoms with Crippen LogP contribution in [-0.4, -0.2) is 22.9 Å². The van der Waals surface area contributed by atoms with Gasteiger partial charge in [-0.1, -0.05) is 18.2 Å². The maximum absolute atomic E-state index is 13.6. The smallest absolute Gasteiger partial charge is 0.275 e. The molecule has 0 aliphatic carbocycles. The Kier molecular flexibility index (Phi) is 4.83. The maximum atomic E-state index is 13.6. The Balaban J connectivity index is 1.76. The third-order valence-electron chi connectivity index (χ3n) is 3.64. The fourth-order valence-corrected chi connectivity index (χ4v) is 2.20. The Hall–Kier alpha value is -3.42. The van der Waals surface area contributed by atoms with Gasteiger partial charge in [0.25, 0.3) is 5.91 Å².